The fraction of sp³-hybridized carbons (Fsp3) is 0.438. The number of nitrogens with one attached hydrogen (secondary N) is 2. The van der Waals surface area contributed by atoms with Crippen molar-refractivity contribution in [1.82, 2.24) is 10.6 Å². The van der Waals surface area contributed by atoms with Gasteiger partial charge in [-0.05, 0) is 58.4 Å². The molecule has 0 saturated carbocycles. The number of hydrogen-bond acceptors (Lipinski definition) is 4. The van der Waals surface area contributed by atoms with E-state index in [4.69, 9.17) is 0 Å². The highest BCUT2D eigenvalue weighted by Gasteiger charge is 2.20. The molecule has 0 spiro atoms. The molecule has 124 valence electrons. The molecule has 3 heterocycles. The topological polar surface area (TPSA) is 39.7 Å². The van der Waals surface area contributed by atoms with Gasteiger partial charge in [0.15, 0.2) is 5.96 Å². The minimum absolute atomic E-state index is 0.493. The minimum Gasteiger partial charge on any atom is -0.363 e. The number of rotatable bonds is 4. The first-order chi connectivity index (χ1) is 11.2. The molecule has 1 fully saturated rings. The van der Waals surface area contributed by atoms with Crippen molar-refractivity contribution in [2.24, 2.45) is 4.99 Å². The summed E-state index contributed by atoms with van der Waals surface area (Å²) in [6.45, 7) is 3.02. The van der Waals surface area contributed by atoms with Gasteiger partial charge in [0.25, 0.3) is 0 Å². The zero-order valence-corrected chi connectivity index (χ0v) is 16.3. The molecule has 0 bridgehead atoms. The van der Waals surface area contributed by atoms with Crippen LogP contribution in [-0.2, 0) is 6.54 Å². The van der Waals surface area contributed by atoms with Gasteiger partial charge in [-0.25, -0.2) is 0 Å². The summed E-state index contributed by atoms with van der Waals surface area (Å²) in [5, 5.41) is 10.5. The predicted molar refractivity (Wildman–Crippen MR) is 105 cm³/mol. The maximum atomic E-state index is 4.35. The SMILES string of the molecule is CN=C(NCc1ccc(Br)s1)NC1CCN(c2cccs2)CC1. The average molecular weight is 413 g/mol. The molecular weight excluding hydrogens is 392 g/mol. The van der Waals surface area contributed by atoms with Crippen molar-refractivity contribution in [3.8, 4) is 0 Å². The highest BCUT2D eigenvalue weighted by atomic mass is 79.9. The molecule has 1 aliphatic heterocycles. The minimum atomic E-state index is 0.493. The van der Waals surface area contributed by atoms with Crippen molar-refractivity contribution in [1.29, 1.82) is 0 Å². The molecule has 23 heavy (non-hydrogen) atoms. The summed E-state index contributed by atoms with van der Waals surface area (Å²) in [6.07, 6.45) is 2.28. The molecular formula is C16H21BrN4S2. The van der Waals surface area contributed by atoms with Crippen molar-refractivity contribution in [2.75, 3.05) is 25.0 Å². The zero-order chi connectivity index (χ0) is 16.1. The number of aliphatic imine (C=N–C) groups is 1. The molecule has 0 aromatic carbocycles. The van der Waals surface area contributed by atoms with Crippen LogP contribution in [0.25, 0.3) is 0 Å². The molecule has 2 aromatic heterocycles. The van der Waals surface area contributed by atoms with E-state index in [1.54, 1.807) is 11.3 Å². The van der Waals surface area contributed by atoms with Crippen LogP contribution in [0.3, 0.4) is 0 Å². The second-order valence-corrected chi connectivity index (χ2v) is 8.96. The Morgan fingerprint density at radius 2 is 2.17 bits per heavy atom. The number of halogens is 1. The normalized spacial score (nSPS) is 16.6. The lowest BCUT2D eigenvalue weighted by Gasteiger charge is -2.33. The molecule has 1 aliphatic rings. The van der Waals surface area contributed by atoms with Crippen LogP contribution in [0, 0.1) is 0 Å². The van der Waals surface area contributed by atoms with E-state index in [0.717, 1.165) is 42.2 Å². The second kappa shape index (κ2) is 8.17. The summed E-state index contributed by atoms with van der Waals surface area (Å²) < 4.78 is 1.16. The van der Waals surface area contributed by atoms with Gasteiger partial charge >= 0.3 is 0 Å². The van der Waals surface area contributed by atoms with Crippen LogP contribution in [0.1, 0.15) is 17.7 Å². The Bertz CT molecular complexity index is 630. The van der Waals surface area contributed by atoms with Crippen LogP contribution in [-0.4, -0.2) is 32.1 Å². The highest BCUT2D eigenvalue weighted by molar-refractivity contribution is 9.11. The number of guanidine groups is 1. The van der Waals surface area contributed by atoms with Gasteiger partial charge in [0.1, 0.15) is 0 Å². The summed E-state index contributed by atoms with van der Waals surface area (Å²) >= 11 is 7.07. The van der Waals surface area contributed by atoms with Crippen molar-refractivity contribution >= 4 is 49.6 Å². The summed E-state index contributed by atoms with van der Waals surface area (Å²) in [6, 6.07) is 9.04. The Hall–Kier alpha value is -1.05. The van der Waals surface area contributed by atoms with Crippen LogP contribution in [0.2, 0.25) is 0 Å². The Balaban J connectivity index is 1.45. The maximum Gasteiger partial charge on any atom is 0.191 e. The van der Waals surface area contributed by atoms with Crippen LogP contribution < -0.4 is 15.5 Å². The van der Waals surface area contributed by atoms with Gasteiger partial charge < -0.3 is 15.5 Å². The Labute approximate surface area is 153 Å². The van der Waals surface area contributed by atoms with E-state index in [1.165, 1.54) is 9.88 Å². The molecule has 3 rings (SSSR count). The first-order valence-corrected chi connectivity index (χ1v) is 10.2. The maximum absolute atomic E-state index is 4.35. The lowest BCUT2D eigenvalue weighted by Crippen LogP contribution is -2.48. The second-order valence-electron chi connectivity index (χ2n) is 5.49. The molecule has 0 unspecified atom stereocenters. The van der Waals surface area contributed by atoms with E-state index in [-0.39, 0.29) is 0 Å². The summed E-state index contributed by atoms with van der Waals surface area (Å²) in [5.41, 5.74) is 0. The van der Waals surface area contributed by atoms with Gasteiger partial charge in [0.05, 0.1) is 15.3 Å². The van der Waals surface area contributed by atoms with Gasteiger partial charge in [0, 0.05) is 31.1 Å². The largest absolute Gasteiger partial charge is 0.363 e. The molecule has 2 N–H and O–H groups in total. The molecule has 0 atom stereocenters. The molecule has 0 aliphatic carbocycles. The molecule has 7 heteroatoms. The van der Waals surface area contributed by atoms with Crippen LogP contribution in [0.15, 0.2) is 38.4 Å². The van der Waals surface area contributed by atoms with Crippen LogP contribution >= 0.6 is 38.6 Å². The van der Waals surface area contributed by atoms with Crippen molar-refractivity contribution < 1.29 is 0 Å². The van der Waals surface area contributed by atoms with Crippen molar-refractivity contribution in [2.45, 2.75) is 25.4 Å². The Kier molecular flexibility index (Phi) is 5.96. The quantitative estimate of drug-likeness (QED) is 0.590. The third-order valence-corrected chi connectivity index (χ3v) is 6.49. The van der Waals surface area contributed by atoms with Crippen molar-refractivity contribution in [3.63, 3.8) is 0 Å². The highest BCUT2D eigenvalue weighted by Crippen LogP contribution is 2.25. The third kappa shape index (κ3) is 4.71. The first-order valence-electron chi connectivity index (χ1n) is 7.74. The van der Waals surface area contributed by atoms with E-state index in [2.05, 4.69) is 66.1 Å². The first kappa shape index (κ1) is 16.8. The van der Waals surface area contributed by atoms with Gasteiger partial charge in [-0.3, -0.25) is 4.99 Å². The summed E-state index contributed by atoms with van der Waals surface area (Å²) in [5.74, 6) is 0.893. The molecule has 2 aromatic rings. The predicted octanol–water partition coefficient (Wildman–Crippen LogP) is 3.91. The number of thiophene rings is 2. The van der Waals surface area contributed by atoms with Crippen molar-refractivity contribution in [3.05, 3.63) is 38.3 Å². The average Bonchev–Trinajstić information content (AvgIpc) is 3.24. The molecule has 0 radical (unpaired) electrons. The molecule has 0 amide bonds. The van der Waals surface area contributed by atoms with E-state index in [0.29, 0.717) is 6.04 Å². The molecule has 4 nitrogen and oxygen atoms in total. The van der Waals surface area contributed by atoms with Gasteiger partial charge in [-0.2, -0.15) is 0 Å². The van der Waals surface area contributed by atoms with E-state index in [1.807, 2.05) is 18.4 Å². The smallest absolute Gasteiger partial charge is 0.191 e. The number of anilines is 1. The van der Waals surface area contributed by atoms with E-state index in [9.17, 15) is 0 Å². The van der Waals surface area contributed by atoms with E-state index < -0.39 is 0 Å². The number of nitrogens with zero attached hydrogens (tertiary/aromatic N) is 2. The number of piperidine rings is 1. The molecule has 1 saturated heterocycles. The zero-order valence-electron chi connectivity index (χ0n) is 13.1. The van der Waals surface area contributed by atoms with Gasteiger partial charge in [-0.15, -0.1) is 22.7 Å². The Morgan fingerprint density at radius 1 is 1.35 bits per heavy atom. The summed E-state index contributed by atoms with van der Waals surface area (Å²) in [7, 11) is 1.83. The van der Waals surface area contributed by atoms with Crippen LogP contribution in [0.4, 0.5) is 5.00 Å². The van der Waals surface area contributed by atoms with E-state index >= 15 is 0 Å². The fourth-order valence-electron chi connectivity index (χ4n) is 2.70. The Morgan fingerprint density at radius 3 is 2.78 bits per heavy atom. The van der Waals surface area contributed by atoms with Gasteiger partial charge in [-0.1, -0.05) is 0 Å². The van der Waals surface area contributed by atoms with Crippen LogP contribution in [0.5, 0.6) is 0 Å². The summed E-state index contributed by atoms with van der Waals surface area (Å²) in [4.78, 5) is 8.12. The third-order valence-electron chi connectivity index (χ3n) is 3.94. The monoisotopic (exact) mass is 412 g/mol. The lowest BCUT2D eigenvalue weighted by atomic mass is 10.1. The lowest BCUT2D eigenvalue weighted by molar-refractivity contribution is 0.463. The standard InChI is InChI=1S/C16H21BrN4S2/c1-18-16(19-11-13-4-5-14(17)23-13)20-12-6-8-21(9-7-12)15-3-2-10-22-15/h2-5,10,12H,6-9,11H2,1H3,(H2,18,19,20). The van der Waals surface area contributed by atoms with Gasteiger partial charge in [0.2, 0.25) is 0 Å². The fourth-order valence-corrected chi connectivity index (χ4v) is 4.91. The number of hydrogen-bond donors (Lipinski definition) is 2.